The lowest BCUT2D eigenvalue weighted by Gasteiger charge is -2.34. The summed E-state index contributed by atoms with van der Waals surface area (Å²) >= 11 is 6.30. The molecule has 1 atom stereocenters. The van der Waals surface area contributed by atoms with Crippen LogP contribution in [-0.2, 0) is 32.6 Å². The molecule has 2 amide bonds. The molecule has 3 aromatic rings. The Morgan fingerprint density at radius 2 is 1.62 bits per heavy atom. The predicted octanol–water partition coefficient (Wildman–Crippen LogP) is 5.28. The number of aryl methyl sites for hydroxylation is 2. The fourth-order valence-electron chi connectivity index (χ4n) is 4.38. The van der Waals surface area contributed by atoms with Crippen LogP contribution >= 0.6 is 11.6 Å². The largest absolute Gasteiger partial charge is 0.354 e. The Morgan fingerprint density at radius 3 is 2.25 bits per heavy atom. The lowest BCUT2D eigenvalue weighted by atomic mass is 10.0. The number of benzene rings is 3. The van der Waals surface area contributed by atoms with E-state index in [0.717, 1.165) is 45.7 Å². The normalized spacial score (nSPS) is 12.0. The standard InChI is InChI=1S/C31H38ClN3O4S/c1-5-6-18-33-31(37)29(19-25-13-8-7-9-14-25)34(21-26-15-11-10-12-23(26)2)30(36)22-35(40(4,38)39)27-17-16-24(3)28(32)20-27/h7-17,20,29H,5-6,18-19,21-22H2,1-4H3,(H,33,37). The van der Waals surface area contributed by atoms with Gasteiger partial charge in [0, 0.05) is 24.5 Å². The van der Waals surface area contributed by atoms with Gasteiger partial charge in [-0.3, -0.25) is 13.9 Å². The van der Waals surface area contributed by atoms with Crippen molar-refractivity contribution in [3.8, 4) is 0 Å². The molecule has 1 unspecified atom stereocenters. The fraction of sp³-hybridized carbons (Fsp3) is 0.355. The number of hydrogen-bond acceptors (Lipinski definition) is 4. The van der Waals surface area contributed by atoms with Gasteiger partial charge >= 0.3 is 0 Å². The van der Waals surface area contributed by atoms with E-state index in [0.29, 0.717) is 11.6 Å². The molecule has 0 aromatic heterocycles. The van der Waals surface area contributed by atoms with Crippen molar-refractivity contribution in [1.29, 1.82) is 0 Å². The summed E-state index contributed by atoms with van der Waals surface area (Å²) in [6.07, 6.45) is 3.06. The summed E-state index contributed by atoms with van der Waals surface area (Å²) in [7, 11) is -3.85. The third-order valence-corrected chi connectivity index (χ3v) is 8.37. The first kappa shape index (κ1) is 31.2. The first-order valence-electron chi connectivity index (χ1n) is 13.4. The number of hydrogen-bond donors (Lipinski definition) is 1. The van der Waals surface area contributed by atoms with Crippen LogP contribution in [0, 0.1) is 13.8 Å². The molecule has 0 radical (unpaired) electrons. The molecule has 0 aliphatic rings. The van der Waals surface area contributed by atoms with E-state index < -0.39 is 28.5 Å². The number of amides is 2. The van der Waals surface area contributed by atoms with Gasteiger partial charge in [-0.25, -0.2) is 8.42 Å². The minimum Gasteiger partial charge on any atom is -0.354 e. The molecule has 0 heterocycles. The zero-order valence-corrected chi connectivity index (χ0v) is 25.1. The van der Waals surface area contributed by atoms with Crippen LogP contribution in [-0.4, -0.2) is 50.5 Å². The molecule has 7 nitrogen and oxygen atoms in total. The molecule has 0 aliphatic heterocycles. The van der Waals surface area contributed by atoms with Crippen molar-refractivity contribution in [2.75, 3.05) is 23.7 Å². The topological polar surface area (TPSA) is 86.8 Å². The van der Waals surface area contributed by atoms with E-state index in [1.54, 1.807) is 12.1 Å². The van der Waals surface area contributed by atoms with E-state index in [9.17, 15) is 18.0 Å². The molecule has 9 heteroatoms. The Labute approximate surface area is 243 Å². The average Bonchev–Trinajstić information content (AvgIpc) is 2.91. The van der Waals surface area contributed by atoms with Crippen LogP contribution in [0.2, 0.25) is 5.02 Å². The summed E-state index contributed by atoms with van der Waals surface area (Å²) in [5.74, 6) is -0.763. The van der Waals surface area contributed by atoms with Crippen LogP contribution in [0.25, 0.3) is 0 Å². The lowest BCUT2D eigenvalue weighted by molar-refractivity contribution is -0.140. The molecule has 1 N–H and O–H groups in total. The van der Waals surface area contributed by atoms with Crippen molar-refractivity contribution in [1.82, 2.24) is 10.2 Å². The maximum Gasteiger partial charge on any atom is 0.244 e. The van der Waals surface area contributed by atoms with Gasteiger partial charge < -0.3 is 10.2 Å². The molecule has 0 bridgehead atoms. The highest BCUT2D eigenvalue weighted by Gasteiger charge is 2.33. The smallest absolute Gasteiger partial charge is 0.244 e. The van der Waals surface area contributed by atoms with E-state index in [1.165, 1.54) is 11.0 Å². The second-order valence-corrected chi connectivity index (χ2v) is 12.3. The molecular formula is C31H38ClN3O4S. The Kier molecular flexibility index (Phi) is 11.2. The first-order chi connectivity index (χ1) is 19.0. The Bertz CT molecular complexity index is 1410. The number of carbonyl (C=O) groups is 2. The quantitative estimate of drug-likeness (QED) is 0.277. The average molecular weight is 584 g/mol. The van der Waals surface area contributed by atoms with Gasteiger partial charge in [-0.1, -0.05) is 85.6 Å². The highest BCUT2D eigenvalue weighted by Crippen LogP contribution is 2.26. The Hall–Kier alpha value is -3.36. The van der Waals surface area contributed by atoms with Gasteiger partial charge in [-0.15, -0.1) is 0 Å². The summed E-state index contributed by atoms with van der Waals surface area (Å²) in [5, 5.41) is 3.38. The second-order valence-electron chi connectivity index (χ2n) is 10.0. The molecule has 214 valence electrons. The SMILES string of the molecule is CCCCNC(=O)C(Cc1ccccc1)N(Cc1ccccc1C)C(=O)CN(c1ccc(C)c(Cl)c1)S(C)(=O)=O. The van der Waals surface area contributed by atoms with Gasteiger partial charge in [0.1, 0.15) is 12.6 Å². The summed E-state index contributed by atoms with van der Waals surface area (Å²) in [6, 6.07) is 21.2. The lowest BCUT2D eigenvalue weighted by Crippen LogP contribution is -2.53. The molecule has 0 saturated heterocycles. The molecule has 3 rings (SSSR count). The van der Waals surface area contributed by atoms with Crippen LogP contribution in [0.1, 0.15) is 42.0 Å². The van der Waals surface area contributed by atoms with Gasteiger partial charge in [0.15, 0.2) is 0 Å². The van der Waals surface area contributed by atoms with Crippen molar-refractivity contribution in [3.05, 3.63) is 100 Å². The molecule has 0 fully saturated rings. The monoisotopic (exact) mass is 583 g/mol. The fourth-order valence-corrected chi connectivity index (χ4v) is 5.40. The molecule has 40 heavy (non-hydrogen) atoms. The Morgan fingerprint density at radius 1 is 0.950 bits per heavy atom. The number of unbranched alkanes of at least 4 members (excludes halogenated alkanes) is 1. The summed E-state index contributed by atoms with van der Waals surface area (Å²) in [6.45, 7) is 5.97. The summed E-state index contributed by atoms with van der Waals surface area (Å²) in [5.41, 5.74) is 3.81. The minimum atomic E-state index is -3.85. The number of halogens is 1. The number of nitrogens with one attached hydrogen (secondary N) is 1. The number of anilines is 1. The van der Waals surface area contributed by atoms with E-state index >= 15 is 0 Å². The summed E-state index contributed by atoms with van der Waals surface area (Å²) < 4.78 is 26.8. The maximum absolute atomic E-state index is 14.1. The molecule has 0 aliphatic carbocycles. The highest BCUT2D eigenvalue weighted by atomic mass is 35.5. The minimum absolute atomic E-state index is 0.149. The number of nitrogens with zero attached hydrogens (tertiary/aromatic N) is 2. The van der Waals surface area contributed by atoms with Crippen LogP contribution in [0.15, 0.2) is 72.8 Å². The molecule has 0 spiro atoms. The molecule has 3 aromatic carbocycles. The first-order valence-corrected chi connectivity index (χ1v) is 15.6. The third kappa shape index (κ3) is 8.57. The van der Waals surface area contributed by atoms with Crippen LogP contribution < -0.4 is 9.62 Å². The Balaban J connectivity index is 2.05. The van der Waals surface area contributed by atoms with Gasteiger partial charge in [0.25, 0.3) is 0 Å². The highest BCUT2D eigenvalue weighted by molar-refractivity contribution is 7.92. The summed E-state index contributed by atoms with van der Waals surface area (Å²) in [4.78, 5) is 29.2. The maximum atomic E-state index is 14.1. The van der Waals surface area contributed by atoms with Gasteiger partial charge in [0.05, 0.1) is 11.9 Å². The predicted molar refractivity (Wildman–Crippen MR) is 162 cm³/mol. The zero-order valence-electron chi connectivity index (χ0n) is 23.6. The van der Waals surface area contributed by atoms with Crippen LogP contribution in [0.3, 0.4) is 0 Å². The van der Waals surface area contributed by atoms with E-state index in [1.807, 2.05) is 75.4 Å². The van der Waals surface area contributed by atoms with Gasteiger partial charge in [-0.2, -0.15) is 0 Å². The van der Waals surface area contributed by atoms with Crippen molar-refractivity contribution in [2.45, 2.75) is 52.6 Å². The zero-order chi connectivity index (χ0) is 29.3. The number of sulfonamides is 1. The van der Waals surface area contributed by atoms with Crippen molar-refractivity contribution in [2.24, 2.45) is 0 Å². The van der Waals surface area contributed by atoms with Crippen molar-refractivity contribution >= 4 is 39.1 Å². The van der Waals surface area contributed by atoms with E-state index in [-0.39, 0.29) is 24.6 Å². The van der Waals surface area contributed by atoms with Crippen molar-refractivity contribution < 1.29 is 18.0 Å². The van der Waals surface area contributed by atoms with Gasteiger partial charge in [0.2, 0.25) is 21.8 Å². The third-order valence-electron chi connectivity index (χ3n) is 6.83. The number of rotatable bonds is 13. The van der Waals surface area contributed by atoms with E-state index in [2.05, 4.69) is 5.32 Å². The molecule has 0 saturated carbocycles. The van der Waals surface area contributed by atoms with Crippen molar-refractivity contribution in [3.63, 3.8) is 0 Å². The second kappa shape index (κ2) is 14.3. The van der Waals surface area contributed by atoms with Gasteiger partial charge in [-0.05, 0) is 54.7 Å². The number of carbonyl (C=O) groups excluding carboxylic acids is 2. The van der Waals surface area contributed by atoms with Crippen LogP contribution in [0.5, 0.6) is 0 Å². The van der Waals surface area contributed by atoms with E-state index in [4.69, 9.17) is 11.6 Å². The van der Waals surface area contributed by atoms with Crippen LogP contribution in [0.4, 0.5) is 5.69 Å². The molecular weight excluding hydrogens is 546 g/mol.